The van der Waals surface area contributed by atoms with Crippen molar-refractivity contribution in [3.8, 4) is 0 Å². The van der Waals surface area contributed by atoms with Gasteiger partial charge < -0.3 is 0 Å². The Morgan fingerprint density at radius 2 is 1.77 bits per heavy atom. The van der Waals surface area contributed by atoms with Crippen molar-refractivity contribution >= 4 is 39.6 Å². The van der Waals surface area contributed by atoms with E-state index in [-0.39, 0.29) is 11.3 Å². The third-order valence-corrected chi connectivity index (χ3v) is 4.76. The number of carbonyl (C=O) groups is 2. The van der Waals surface area contributed by atoms with Gasteiger partial charge in [0.2, 0.25) is 0 Å². The number of para-hydroxylation sites is 1. The molecule has 2 amide bonds. The van der Waals surface area contributed by atoms with Gasteiger partial charge in [-0.2, -0.15) is 5.10 Å². The zero-order valence-corrected chi connectivity index (χ0v) is 16.7. The molecule has 0 saturated heterocycles. The van der Waals surface area contributed by atoms with Gasteiger partial charge in [-0.15, -0.1) is 0 Å². The lowest BCUT2D eigenvalue weighted by Gasteiger charge is -2.10. The maximum Gasteiger partial charge on any atom is 0.290 e. The summed E-state index contributed by atoms with van der Waals surface area (Å²) >= 11 is 0. The predicted octanol–water partition coefficient (Wildman–Crippen LogP) is 2.44. The van der Waals surface area contributed by atoms with Crippen molar-refractivity contribution in [3.05, 3.63) is 88.5 Å². The van der Waals surface area contributed by atoms with Crippen LogP contribution in [0.5, 0.6) is 0 Å². The summed E-state index contributed by atoms with van der Waals surface area (Å²) in [6.07, 6.45) is 4.62. The molecule has 8 nitrogen and oxygen atoms in total. The van der Waals surface area contributed by atoms with Crippen molar-refractivity contribution in [1.29, 1.82) is 0 Å². The summed E-state index contributed by atoms with van der Waals surface area (Å²) in [4.78, 5) is 41.6. The summed E-state index contributed by atoms with van der Waals surface area (Å²) in [5.74, 6) is -1.14. The molecule has 2 aromatic carbocycles. The second-order valence-electron chi connectivity index (χ2n) is 6.71. The van der Waals surface area contributed by atoms with Crippen LogP contribution in [-0.2, 0) is 11.3 Å². The number of aryl methyl sites for hydroxylation is 1. The number of hydrogen-bond donors (Lipinski definition) is 2. The maximum atomic E-state index is 12.7. The zero-order chi connectivity index (χ0) is 21.8. The van der Waals surface area contributed by atoms with Gasteiger partial charge in [-0.1, -0.05) is 42.5 Å². The molecule has 0 aliphatic heterocycles. The van der Waals surface area contributed by atoms with Crippen LogP contribution in [0.4, 0.5) is 0 Å². The van der Waals surface area contributed by atoms with E-state index in [0.717, 1.165) is 16.5 Å². The lowest BCUT2D eigenvalue weighted by molar-refractivity contribution is -0.117. The van der Waals surface area contributed by atoms with Gasteiger partial charge in [-0.05, 0) is 25.1 Å². The van der Waals surface area contributed by atoms with Gasteiger partial charge in [0.1, 0.15) is 0 Å². The van der Waals surface area contributed by atoms with Crippen molar-refractivity contribution in [2.24, 2.45) is 0 Å². The van der Waals surface area contributed by atoms with Gasteiger partial charge in [-0.25, -0.2) is 4.68 Å². The van der Waals surface area contributed by atoms with E-state index < -0.39 is 11.8 Å². The van der Waals surface area contributed by atoms with Crippen LogP contribution in [0.25, 0.3) is 27.8 Å². The quantitative estimate of drug-likeness (QED) is 0.395. The number of amides is 2. The number of carbonyl (C=O) groups excluding carboxylic acids is 2. The molecule has 0 saturated carbocycles. The molecule has 2 aromatic heterocycles. The number of hydrogen-bond acceptors (Lipinski definition) is 5. The maximum absolute atomic E-state index is 12.7. The van der Waals surface area contributed by atoms with Crippen LogP contribution in [-0.4, -0.2) is 26.6 Å². The van der Waals surface area contributed by atoms with Gasteiger partial charge >= 0.3 is 0 Å². The van der Waals surface area contributed by atoms with Crippen molar-refractivity contribution < 1.29 is 9.59 Å². The molecule has 0 atom stereocenters. The first-order valence-electron chi connectivity index (χ1n) is 9.70. The first-order valence-corrected chi connectivity index (χ1v) is 9.70. The van der Waals surface area contributed by atoms with E-state index in [0.29, 0.717) is 17.3 Å². The van der Waals surface area contributed by atoms with Gasteiger partial charge in [-0.3, -0.25) is 30.2 Å². The van der Waals surface area contributed by atoms with Gasteiger partial charge in [0.15, 0.2) is 5.69 Å². The molecular weight excluding hydrogens is 394 g/mol. The summed E-state index contributed by atoms with van der Waals surface area (Å²) in [7, 11) is 0. The van der Waals surface area contributed by atoms with E-state index >= 15 is 0 Å². The molecule has 2 N–H and O–H groups in total. The Kier molecular flexibility index (Phi) is 5.53. The Labute approximate surface area is 177 Å². The highest BCUT2D eigenvalue weighted by Crippen LogP contribution is 2.17. The minimum absolute atomic E-state index is 0.0552. The summed E-state index contributed by atoms with van der Waals surface area (Å²) < 4.78 is 1.21. The van der Waals surface area contributed by atoms with Crippen LogP contribution < -0.4 is 16.4 Å². The Hall–Kier alpha value is -4.33. The number of benzene rings is 2. The summed E-state index contributed by atoms with van der Waals surface area (Å²) in [6.45, 7) is 2.08. The fourth-order valence-electron chi connectivity index (χ4n) is 3.26. The second kappa shape index (κ2) is 8.58. The van der Waals surface area contributed by atoms with Crippen LogP contribution in [0.3, 0.4) is 0 Å². The monoisotopic (exact) mass is 413 g/mol. The molecule has 31 heavy (non-hydrogen) atoms. The van der Waals surface area contributed by atoms with Gasteiger partial charge in [0.25, 0.3) is 17.4 Å². The molecule has 4 rings (SSSR count). The first-order chi connectivity index (χ1) is 15.1. The molecule has 0 aliphatic carbocycles. The lowest BCUT2D eigenvalue weighted by atomic mass is 10.1. The highest BCUT2D eigenvalue weighted by atomic mass is 16.2. The zero-order valence-electron chi connectivity index (χ0n) is 16.7. The van der Waals surface area contributed by atoms with Crippen molar-refractivity contribution in [2.45, 2.75) is 13.5 Å². The summed E-state index contributed by atoms with van der Waals surface area (Å²) in [5, 5.41) is 5.91. The first kappa shape index (κ1) is 20.0. The third-order valence-electron chi connectivity index (χ3n) is 4.76. The Balaban J connectivity index is 1.51. The summed E-state index contributed by atoms with van der Waals surface area (Å²) in [5.41, 5.74) is 6.03. The average molecular weight is 413 g/mol. The number of hydrazine groups is 1. The number of rotatable bonds is 4. The topological polar surface area (TPSA) is 106 Å². The fraction of sp³-hybridized carbons (Fsp3) is 0.0870. The SMILES string of the molecule is CCn1nc(C(=O)NNC(=O)/C=C/c2cccc3cccnc23)c2ccccc2c1=O. The highest BCUT2D eigenvalue weighted by molar-refractivity contribution is 6.05. The molecule has 0 fully saturated rings. The molecule has 0 unspecified atom stereocenters. The number of fused-ring (bicyclic) bond motifs is 2. The normalized spacial score (nSPS) is 11.1. The molecular formula is C23H19N5O3. The molecule has 0 bridgehead atoms. The van der Waals surface area contributed by atoms with E-state index in [9.17, 15) is 14.4 Å². The fourth-order valence-corrected chi connectivity index (χ4v) is 3.26. The van der Waals surface area contributed by atoms with E-state index in [4.69, 9.17) is 0 Å². The minimum Gasteiger partial charge on any atom is -0.268 e. The predicted molar refractivity (Wildman–Crippen MR) is 118 cm³/mol. The van der Waals surface area contributed by atoms with Crippen LogP contribution in [0.15, 0.2) is 71.7 Å². The van der Waals surface area contributed by atoms with E-state index in [1.807, 2.05) is 30.3 Å². The number of aromatic nitrogens is 3. The van der Waals surface area contributed by atoms with E-state index in [1.165, 1.54) is 10.8 Å². The molecule has 0 aliphatic rings. The molecule has 8 heteroatoms. The van der Waals surface area contributed by atoms with Gasteiger partial charge in [0.05, 0.1) is 10.9 Å². The molecule has 0 spiro atoms. The number of pyridine rings is 1. The van der Waals surface area contributed by atoms with Gasteiger partial charge in [0, 0.05) is 35.2 Å². The Morgan fingerprint density at radius 3 is 2.58 bits per heavy atom. The van der Waals surface area contributed by atoms with E-state index in [1.54, 1.807) is 43.5 Å². The van der Waals surface area contributed by atoms with Crippen LogP contribution >= 0.6 is 0 Å². The smallest absolute Gasteiger partial charge is 0.268 e. The molecule has 154 valence electrons. The minimum atomic E-state index is -0.619. The lowest BCUT2D eigenvalue weighted by Crippen LogP contribution is -2.42. The third kappa shape index (κ3) is 4.04. The average Bonchev–Trinajstić information content (AvgIpc) is 2.81. The standard InChI is InChI=1S/C23H19N5O3/c1-2-28-23(31)18-11-4-3-10-17(18)21(27-28)22(30)26-25-19(29)13-12-16-8-5-7-15-9-6-14-24-20(15)16/h3-14H,2H2,1H3,(H,25,29)(H,26,30)/b13-12+. The Morgan fingerprint density at radius 1 is 1.00 bits per heavy atom. The van der Waals surface area contributed by atoms with Crippen molar-refractivity contribution in [1.82, 2.24) is 25.6 Å². The number of nitrogens with zero attached hydrogens (tertiary/aromatic N) is 3. The van der Waals surface area contributed by atoms with E-state index in [2.05, 4.69) is 20.9 Å². The van der Waals surface area contributed by atoms with Crippen LogP contribution in [0.1, 0.15) is 23.0 Å². The Bertz CT molecular complexity index is 1390. The van der Waals surface area contributed by atoms with Crippen molar-refractivity contribution in [2.75, 3.05) is 0 Å². The summed E-state index contributed by atoms with van der Waals surface area (Å²) in [6, 6.07) is 16.2. The van der Waals surface area contributed by atoms with Crippen molar-refractivity contribution in [3.63, 3.8) is 0 Å². The largest absolute Gasteiger partial charge is 0.290 e. The molecule has 4 aromatic rings. The molecule has 2 heterocycles. The second-order valence-corrected chi connectivity index (χ2v) is 6.71. The number of nitrogens with one attached hydrogen (secondary N) is 2. The van der Waals surface area contributed by atoms with Crippen LogP contribution in [0, 0.1) is 0 Å². The van der Waals surface area contributed by atoms with Crippen LogP contribution in [0.2, 0.25) is 0 Å². The molecule has 0 radical (unpaired) electrons. The highest BCUT2D eigenvalue weighted by Gasteiger charge is 2.16.